The molecule has 0 rings (SSSR count). The van der Waals surface area contributed by atoms with Crippen molar-refractivity contribution in [2.45, 2.75) is 39.2 Å². The van der Waals surface area contributed by atoms with E-state index in [-0.39, 0.29) is 37.3 Å². The van der Waals surface area contributed by atoms with Crippen molar-refractivity contribution in [3.05, 3.63) is 0 Å². The van der Waals surface area contributed by atoms with Gasteiger partial charge in [-0.3, -0.25) is 9.59 Å². The van der Waals surface area contributed by atoms with Gasteiger partial charge in [0.1, 0.15) is 0 Å². The number of hydrogen-bond acceptors (Lipinski definition) is 3. The van der Waals surface area contributed by atoms with Gasteiger partial charge in [0.15, 0.2) is 0 Å². The lowest BCUT2D eigenvalue weighted by atomic mass is 10.0. The zero-order chi connectivity index (χ0) is 11.8. The first-order valence-corrected chi connectivity index (χ1v) is 5.11. The van der Waals surface area contributed by atoms with Crippen LogP contribution in [-0.2, 0) is 9.59 Å². The van der Waals surface area contributed by atoms with E-state index in [1.165, 1.54) is 0 Å². The highest BCUT2D eigenvalue weighted by molar-refractivity contribution is 5.77. The maximum atomic E-state index is 11.3. The molecule has 0 aromatic rings. The summed E-state index contributed by atoms with van der Waals surface area (Å²) in [6, 6.07) is -0.227. The molecule has 1 amide bonds. The molecule has 2 atom stereocenters. The van der Waals surface area contributed by atoms with Crippen molar-refractivity contribution in [1.29, 1.82) is 0 Å². The molecule has 0 spiro atoms. The molecule has 0 bridgehead atoms. The number of amides is 1. The van der Waals surface area contributed by atoms with Crippen LogP contribution in [0.5, 0.6) is 0 Å². The molecule has 0 saturated carbocycles. The van der Waals surface area contributed by atoms with E-state index < -0.39 is 5.97 Å². The van der Waals surface area contributed by atoms with Gasteiger partial charge in [-0.2, -0.15) is 0 Å². The van der Waals surface area contributed by atoms with E-state index >= 15 is 0 Å². The Kier molecular flexibility index (Phi) is 6.70. The minimum absolute atomic E-state index is 0.0106. The van der Waals surface area contributed by atoms with Crippen LogP contribution in [0.3, 0.4) is 0 Å². The van der Waals surface area contributed by atoms with Crippen LogP contribution in [0.25, 0.3) is 0 Å². The summed E-state index contributed by atoms with van der Waals surface area (Å²) in [7, 11) is 0. The molecule has 0 aromatic heterocycles. The van der Waals surface area contributed by atoms with Crippen LogP contribution in [0.15, 0.2) is 0 Å². The van der Waals surface area contributed by atoms with E-state index in [0.29, 0.717) is 6.42 Å². The standard InChI is InChI=1S/C10H19NO4/c1-3-8(6-12)11-9(13)4-7(2)5-10(14)15/h7-8,12H,3-6H2,1-2H3,(H,11,13)(H,14,15)/t7?,8-/m0/s1. The van der Waals surface area contributed by atoms with Gasteiger partial charge >= 0.3 is 5.97 Å². The fourth-order valence-corrected chi connectivity index (χ4v) is 1.25. The van der Waals surface area contributed by atoms with E-state index in [0.717, 1.165) is 0 Å². The third kappa shape index (κ3) is 6.90. The molecule has 1 unspecified atom stereocenters. The lowest BCUT2D eigenvalue weighted by Gasteiger charge is -2.15. The van der Waals surface area contributed by atoms with Crippen molar-refractivity contribution in [3.8, 4) is 0 Å². The molecule has 0 aliphatic carbocycles. The Bertz CT molecular complexity index is 213. The molecular formula is C10H19NO4. The summed E-state index contributed by atoms with van der Waals surface area (Å²) in [5.41, 5.74) is 0. The molecule has 0 heterocycles. The maximum absolute atomic E-state index is 11.3. The van der Waals surface area contributed by atoms with Crippen molar-refractivity contribution in [1.82, 2.24) is 5.32 Å². The summed E-state index contributed by atoms with van der Waals surface area (Å²) in [5.74, 6) is -1.28. The van der Waals surface area contributed by atoms with E-state index in [1.807, 2.05) is 6.92 Å². The minimum Gasteiger partial charge on any atom is -0.481 e. The molecule has 3 N–H and O–H groups in total. The van der Waals surface area contributed by atoms with Crippen molar-refractivity contribution in [2.75, 3.05) is 6.61 Å². The lowest BCUT2D eigenvalue weighted by Crippen LogP contribution is -2.37. The Morgan fingerprint density at radius 3 is 2.33 bits per heavy atom. The molecular weight excluding hydrogens is 198 g/mol. The SMILES string of the molecule is CC[C@@H](CO)NC(=O)CC(C)CC(=O)O. The van der Waals surface area contributed by atoms with Crippen LogP contribution < -0.4 is 5.32 Å². The number of carboxylic acid groups (broad SMARTS) is 1. The largest absolute Gasteiger partial charge is 0.481 e. The predicted octanol–water partition coefficient (Wildman–Crippen LogP) is 0.374. The fourth-order valence-electron chi connectivity index (χ4n) is 1.25. The zero-order valence-corrected chi connectivity index (χ0v) is 9.19. The third-order valence-electron chi connectivity index (χ3n) is 2.14. The Labute approximate surface area is 89.5 Å². The normalized spacial score (nSPS) is 14.3. The van der Waals surface area contributed by atoms with Gasteiger partial charge in [0.05, 0.1) is 12.6 Å². The lowest BCUT2D eigenvalue weighted by molar-refractivity contribution is -0.138. The fraction of sp³-hybridized carbons (Fsp3) is 0.800. The first kappa shape index (κ1) is 13.9. The topological polar surface area (TPSA) is 86.6 Å². The third-order valence-corrected chi connectivity index (χ3v) is 2.14. The molecule has 0 aliphatic heterocycles. The Morgan fingerprint density at radius 2 is 1.93 bits per heavy atom. The summed E-state index contributed by atoms with van der Waals surface area (Å²) >= 11 is 0. The number of aliphatic hydroxyl groups is 1. The number of nitrogens with one attached hydrogen (secondary N) is 1. The molecule has 5 nitrogen and oxygen atoms in total. The average molecular weight is 217 g/mol. The quantitative estimate of drug-likeness (QED) is 0.575. The minimum atomic E-state index is -0.899. The van der Waals surface area contributed by atoms with Crippen molar-refractivity contribution < 1.29 is 19.8 Å². The van der Waals surface area contributed by atoms with Crippen LogP contribution >= 0.6 is 0 Å². The summed E-state index contributed by atoms with van der Waals surface area (Å²) in [4.78, 5) is 21.7. The van der Waals surface area contributed by atoms with Gasteiger partial charge in [-0.1, -0.05) is 13.8 Å². The predicted molar refractivity (Wildman–Crippen MR) is 55.3 cm³/mol. The molecule has 0 aromatic carbocycles. The van der Waals surface area contributed by atoms with Crippen molar-refractivity contribution in [2.24, 2.45) is 5.92 Å². The first-order chi connectivity index (χ1) is 6.99. The number of carbonyl (C=O) groups is 2. The van der Waals surface area contributed by atoms with Crippen LogP contribution in [-0.4, -0.2) is 34.7 Å². The second-order valence-electron chi connectivity index (χ2n) is 3.76. The highest BCUT2D eigenvalue weighted by Crippen LogP contribution is 2.07. The Balaban J connectivity index is 3.86. The van der Waals surface area contributed by atoms with Gasteiger partial charge < -0.3 is 15.5 Å². The number of aliphatic carboxylic acids is 1. The second-order valence-corrected chi connectivity index (χ2v) is 3.76. The first-order valence-electron chi connectivity index (χ1n) is 5.11. The Morgan fingerprint density at radius 1 is 1.33 bits per heavy atom. The van der Waals surface area contributed by atoms with Crippen LogP contribution in [0.4, 0.5) is 0 Å². The highest BCUT2D eigenvalue weighted by atomic mass is 16.4. The monoisotopic (exact) mass is 217 g/mol. The van der Waals surface area contributed by atoms with Gasteiger partial charge in [0, 0.05) is 12.8 Å². The number of aliphatic hydroxyl groups excluding tert-OH is 1. The Hall–Kier alpha value is -1.10. The molecule has 15 heavy (non-hydrogen) atoms. The van der Waals surface area contributed by atoms with Gasteiger partial charge in [0.25, 0.3) is 0 Å². The molecule has 0 radical (unpaired) electrons. The van der Waals surface area contributed by atoms with Crippen molar-refractivity contribution >= 4 is 11.9 Å². The van der Waals surface area contributed by atoms with Crippen LogP contribution in [0.2, 0.25) is 0 Å². The number of rotatable bonds is 7. The average Bonchev–Trinajstić information content (AvgIpc) is 2.12. The van der Waals surface area contributed by atoms with Gasteiger partial charge in [-0.15, -0.1) is 0 Å². The summed E-state index contributed by atoms with van der Waals surface area (Å²) < 4.78 is 0. The molecule has 0 fully saturated rings. The van der Waals surface area contributed by atoms with Crippen LogP contribution in [0, 0.1) is 5.92 Å². The van der Waals surface area contributed by atoms with E-state index in [4.69, 9.17) is 10.2 Å². The summed E-state index contributed by atoms with van der Waals surface area (Å²) in [6.45, 7) is 3.49. The summed E-state index contributed by atoms with van der Waals surface area (Å²) in [6.07, 6.45) is 0.835. The smallest absolute Gasteiger partial charge is 0.303 e. The zero-order valence-electron chi connectivity index (χ0n) is 9.19. The van der Waals surface area contributed by atoms with E-state index in [2.05, 4.69) is 5.32 Å². The number of carboxylic acids is 1. The second kappa shape index (κ2) is 7.23. The van der Waals surface area contributed by atoms with Gasteiger partial charge in [-0.05, 0) is 12.3 Å². The van der Waals surface area contributed by atoms with Gasteiger partial charge in [-0.25, -0.2) is 0 Å². The van der Waals surface area contributed by atoms with E-state index in [9.17, 15) is 9.59 Å². The van der Waals surface area contributed by atoms with Gasteiger partial charge in [0.2, 0.25) is 5.91 Å². The molecule has 5 heteroatoms. The molecule has 0 saturated heterocycles. The molecule has 0 aliphatic rings. The maximum Gasteiger partial charge on any atom is 0.303 e. The summed E-state index contributed by atoms with van der Waals surface area (Å²) in [5, 5.41) is 20.0. The highest BCUT2D eigenvalue weighted by Gasteiger charge is 2.14. The van der Waals surface area contributed by atoms with Crippen LogP contribution in [0.1, 0.15) is 33.1 Å². The molecule has 88 valence electrons. The van der Waals surface area contributed by atoms with Crippen molar-refractivity contribution in [3.63, 3.8) is 0 Å². The van der Waals surface area contributed by atoms with E-state index in [1.54, 1.807) is 6.92 Å². The number of hydrogen-bond donors (Lipinski definition) is 3. The number of carbonyl (C=O) groups excluding carboxylic acids is 1.